The minimum Gasteiger partial charge on any atom is -0.479 e. The monoisotopic (exact) mass is 99.0 g/mol. The lowest BCUT2D eigenvalue weighted by atomic mass is 10.2. The summed E-state index contributed by atoms with van der Waals surface area (Å²) in [6.07, 6.45) is 3.20. The van der Waals surface area contributed by atoms with Crippen molar-refractivity contribution in [3.63, 3.8) is 0 Å². The molecule has 1 heterocycles. The molecule has 1 aliphatic heterocycles. The summed E-state index contributed by atoms with van der Waals surface area (Å²) in [4.78, 5) is 9.87. The lowest BCUT2D eigenvalue weighted by Crippen LogP contribution is -2.37. The highest BCUT2D eigenvalue weighted by molar-refractivity contribution is 5.77. The second-order valence-corrected chi connectivity index (χ2v) is 1.34. The van der Waals surface area contributed by atoms with Crippen LogP contribution in [0.15, 0.2) is 12.3 Å². The average molecular weight is 99.1 g/mol. The number of nitrogens with one attached hydrogen (secondary N) is 1. The molecule has 1 rings (SSSR count). The maximum absolute atomic E-state index is 9.87. The summed E-state index contributed by atoms with van der Waals surface area (Å²) < 4.78 is 0. The van der Waals surface area contributed by atoms with Crippen molar-refractivity contribution in [1.29, 1.82) is 0 Å². The van der Waals surface area contributed by atoms with Crippen molar-refractivity contribution in [2.75, 3.05) is 0 Å². The summed E-state index contributed by atoms with van der Waals surface area (Å²) >= 11 is 0. The Kier molecular flexibility index (Phi) is 0.749. The first-order chi connectivity index (χ1) is 3.30. The Morgan fingerprint density at radius 2 is 2.43 bits per heavy atom. The number of carboxylic acids is 1. The van der Waals surface area contributed by atoms with Gasteiger partial charge in [0.1, 0.15) is 6.04 Å². The van der Waals surface area contributed by atoms with Crippen LogP contribution in [0, 0.1) is 0 Å². The van der Waals surface area contributed by atoms with Crippen LogP contribution in [0.5, 0.6) is 0 Å². The van der Waals surface area contributed by atoms with Gasteiger partial charge in [-0.15, -0.1) is 0 Å². The molecule has 0 aromatic rings. The zero-order valence-corrected chi connectivity index (χ0v) is 3.59. The van der Waals surface area contributed by atoms with Crippen LogP contribution in [-0.2, 0) is 4.79 Å². The molecule has 0 aliphatic carbocycles. The fourth-order valence-corrected chi connectivity index (χ4v) is 0.346. The molecule has 1 aliphatic rings. The standard InChI is InChI=1S/C4H5NO2/c6-4(7)3-1-2-5-3/h1-3,5H,(H,6,7). The summed E-state index contributed by atoms with van der Waals surface area (Å²) in [6, 6.07) is -0.431. The second kappa shape index (κ2) is 1.26. The number of carboxylic acid groups (broad SMARTS) is 1. The zero-order chi connectivity index (χ0) is 5.28. The Balaban J connectivity index is 2.44. The molecule has 0 bridgehead atoms. The quantitative estimate of drug-likeness (QED) is 0.468. The lowest BCUT2D eigenvalue weighted by Gasteiger charge is -2.14. The first-order valence-corrected chi connectivity index (χ1v) is 1.96. The van der Waals surface area contributed by atoms with E-state index in [0.29, 0.717) is 0 Å². The van der Waals surface area contributed by atoms with Crippen LogP contribution in [0.4, 0.5) is 0 Å². The van der Waals surface area contributed by atoms with Crippen molar-refractivity contribution >= 4 is 5.97 Å². The van der Waals surface area contributed by atoms with Gasteiger partial charge in [-0.3, -0.25) is 0 Å². The molecule has 0 spiro atoms. The summed E-state index contributed by atoms with van der Waals surface area (Å²) in [6.45, 7) is 0. The average Bonchev–Trinajstić information content (AvgIpc) is 1.23. The van der Waals surface area contributed by atoms with E-state index in [1.165, 1.54) is 0 Å². The van der Waals surface area contributed by atoms with Gasteiger partial charge in [0.25, 0.3) is 0 Å². The first-order valence-electron chi connectivity index (χ1n) is 1.96. The predicted octanol–water partition coefficient (Wildman–Crippen LogP) is -0.443. The Bertz CT molecular complexity index is 119. The summed E-state index contributed by atoms with van der Waals surface area (Å²) in [5.41, 5.74) is 0. The van der Waals surface area contributed by atoms with E-state index in [9.17, 15) is 4.79 Å². The Morgan fingerprint density at radius 1 is 1.86 bits per heavy atom. The Hall–Kier alpha value is -0.990. The largest absolute Gasteiger partial charge is 0.479 e. The third-order valence-electron chi connectivity index (χ3n) is 0.831. The van der Waals surface area contributed by atoms with Gasteiger partial charge in [0, 0.05) is 0 Å². The molecule has 38 valence electrons. The minimum atomic E-state index is -0.817. The highest BCUT2D eigenvalue weighted by atomic mass is 16.4. The van der Waals surface area contributed by atoms with Crippen LogP contribution < -0.4 is 5.32 Å². The third kappa shape index (κ3) is 0.559. The molecule has 3 nitrogen and oxygen atoms in total. The molecule has 3 heteroatoms. The van der Waals surface area contributed by atoms with Crippen LogP contribution in [0.3, 0.4) is 0 Å². The van der Waals surface area contributed by atoms with Gasteiger partial charge in [0.15, 0.2) is 0 Å². The number of hydrogen-bond donors (Lipinski definition) is 2. The maximum Gasteiger partial charge on any atom is 0.330 e. The van der Waals surface area contributed by atoms with Crippen molar-refractivity contribution < 1.29 is 9.90 Å². The normalized spacial score (nSPS) is 25.4. The van der Waals surface area contributed by atoms with E-state index in [0.717, 1.165) is 0 Å². The van der Waals surface area contributed by atoms with Crippen LogP contribution in [0.1, 0.15) is 0 Å². The summed E-state index contributed by atoms with van der Waals surface area (Å²) in [5, 5.41) is 10.7. The fraction of sp³-hybridized carbons (Fsp3) is 0.250. The van der Waals surface area contributed by atoms with Crippen molar-refractivity contribution in [1.82, 2.24) is 5.32 Å². The van der Waals surface area contributed by atoms with E-state index in [1.54, 1.807) is 12.3 Å². The van der Waals surface area contributed by atoms with E-state index in [2.05, 4.69) is 5.32 Å². The van der Waals surface area contributed by atoms with Gasteiger partial charge < -0.3 is 10.4 Å². The maximum atomic E-state index is 9.87. The first kappa shape index (κ1) is 4.18. The number of aliphatic carboxylic acids is 1. The van der Waals surface area contributed by atoms with Gasteiger partial charge in [0.05, 0.1) is 0 Å². The molecule has 0 saturated heterocycles. The number of hydrogen-bond acceptors (Lipinski definition) is 2. The summed E-state index contributed by atoms with van der Waals surface area (Å²) in [7, 11) is 0. The second-order valence-electron chi connectivity index (χ2n) is 1.34. The minimum absolute atomic E-state index is 0.431. The van der Waals surface area contributed by atoms with Gasteiger partial charge in [-0.2, -0.15) is 0 Å². The molecule has 1 unspecified atom stereocenters. The van der Waals surface area contributed by atoms with E-state index >= 15 is 0 Å². The van der Waals surface area contributed by atoms with Gasteiger partial charge >= 0.3 is 5.97 Å². The Morgan fingerprint density at radius 3 is 2.43 bits per heavy atom. The topological polar surface area (TPSA) is 49.3 Å². The highest BCUT2D eigenvalue weighted by Gasteiger charge is 2.15. The molecule has 0 radical (unpaired) electrons. The van der Waals surface area contributed by atoms with Crippen molar-refractivity contribution in [3.8, 4) is 0 Å². The fourth-order valence-electron chi connectivity index (χ4n) is 0.346. The summed E-state index contributed by atoms with van der Waals surface area (Å²) in [5.74, 6) is -0.817. The zero-order valence-electron chi connectivity index (χ0n) is 3.59. The molecular weight excluding hydrogens is 94.0 g/mol. The molecule has 0 fully saturated rings. The van der Waals surface area contributed by atoms with E-state index in [-0.39, 0.29) is 0 Å². The van der Waals surface area contributed by atoms with Gasteiger partial charge in [0.2, 0.25) is 0 Å². The van der Waals surface area contributed by atoms with Crippen molar-refractivity contribution in [2.24, 2.45) is 0 Å². The SMILES string of the molecule is O=C(O)C1C=CN1. The van der Waals surface area contributed by atoms with Crippen molar-refractivity contribution in [2.45, 2.75) is 6.04 Å². The Labute approximate surface area is 40.6 Å². The van der Waals surface area contributed by atoms with Crippen LogP contribution in [-0.4, -0.2) is 17.1 Å². The van der Waals surface area contributed by atoms with Gasteiger partial charge in [-0.25, -0.2) is 4.79 Å². The van der Waals surface area contributed by atoms with E-state index < -0.39 is 12.0 Å². The van der Waals surface area contributed by atoms with Crippen LogP contribution in [0.2, 0.25) is 0 Å². The van der Waals surface area contributed by atoms with Gasteiger partial charge in [-0.1, -0.05) is 0 Å². The van der Waals surface area contributed by atoms with Gasteiger partial charge in [-0.05, 0) is 12.3 Å². The third-order valence-corrected chi connectivity index (χ3v) is 0.831. The predicted molar refractivity (Wildman–Crippen MR) is 23.7 cm³/mol. The lowest BCUT2D eigenvalue weighted by molar-refractivity contribution is -0.138. The number of rotatable bonds is 1. The molecule has 7 heavy (non-hydrogen) atoms. The number of carbonyl (C=O) groups is 1. The molecule has 0 aromatic carbocycles. The molecule has 0 aromatic heterocycles. The van der Waals surface area contributed by atoms with Crippen LogP contribution in [0.25, 0.3) is 0 Å². The molecular formula is C4H5NO2. The molecule has 0 saturated carbocycles. The van der Waals surface area contributed by atoms with Crippen molar-refractivity contribution in [3.05, 3.63) is 12.3 Å². The molecule has 2 N–H and O–H groups in total. The molecule has 1 atom stereocenters. The van der Waals surface area contributed by atoms with E-state index in [1.807, 2.05) is 0 Å². The van der Waals surface area contributed by atoms with E-state index in [4.69, 9.17) is 5.11 Å². The highest BCUT2D eigenvalue weighted by Crippen LogP contribution is 1.94. The molecule has 0 amide bonds. The smallest absolute Gasteiger partial charge is 0.330 e. The van der Waals surface area contributed by atoms with Crippen LogP contribution >= 0.6 is 0 Å².